The molecule has 122 valence electrons. The third-order valence-corrected chi connectivity index (χ3v) is 3.84. The maximum Gasteiger partial charge on any atom is 0.284 e. The van der Waals surface area contributed by atoms with Crippen molar-refractivity contribution < 1.29 is 18.9 Å². The fourth-order valence-corrected chi connectivity index (χ4v) is 2.40. The van der Waals surface area contributed by atoms with Gasteiger partial charge in [-0.15, -0.1) is 0 Å². The Kier molecular flexibility index (Phi) is 5.89. The molecule has 0 spiro atoms. The summed E-state index contributed by atoms with van der Waals surface area (Å²) < 4.78 is 10.6. The quantitative estimate of drug-likeness (QED) is 0.541. The van der Waals surface area contributed by atoms with Gasteiger partial charge in [-0.2, -0.15) is 0 Å². The normalized spacial score (nSPS) is 10.5. The van der Waals surface area contributed by atoms with Crippen LogP contribution in [0.1, 0.15) is 16.1 Å². The molecular formula is C15H15BrN2O5. The van der Waals surface area contributed by atoms with Crippen LogP contribution in [0.4, 0.5) is 5.69 Å². The monoisotopic (exact) mass is 382 g/mol. The Hall–Kier alpha value is -2.19. The number of amides is 1. The van der Waals surface area contributed by atoms with Gasteiger partial charge in [-0.25, -0.2) is 0 Å². The van der Waals surface area contributed by atoms with Crippen molar-refractivity contribution >= 4 is 27.5 Å². The molecule has 0 atom stereocenters. The molecule has 0 bridgehead atoms. The lowest BCUT2D eigenvalue weighted by atomic mass is 10.1. The summed E-state index contributed by atoms with van der Waals surface area (Å²) in [6.07, 6.45) is 1.53. The minimum Gasteiger partial charge on any atom is -0.467 e. The zero-order chi connectivity index (χ0) is 16.8. The van der Waals surface area contributed by atoms with E-state index in [0.717, 1.165) is 0 Å². The highest BCUT2D eigenvalue weighted by Gasteiger charge is 2.21. The van der Waals surface area contributed by atoms with Gasteiger partial charge in [0.15, 0.2) is 0 Å². The van der Waals surface area contributed by atoms with E-state index >= 15 is 0 Å². The first-order valence-corrected chi connectivity index (χ1v) is 7.56. The molecule has 1 amide bonds. The maximum absolute atomic E-state index is 12.7. The van der Waals surface area contributed by atoms with Crippen LogP contribution in [0.25, 0.3) is 0 Å². The molecule has 7 nitrogen and oxygen atoms in total. The van der Waals surface area contributed by atoms with Gasteiger partial charge in [0.1, 0.15) is 5.76 Å². The third-order valence-electron chi connectivity index (χ3n) is 3.17. The fraction of sp³-hybridized carbons (Fsp3) is 0.267. The van der Waals surface area contributed by atoms with E-state index in [-0.39, 0.29) is 23.7 Å². The Bertz CT molecular complexity index is 687. The van der Waals surface area contributed by atoms with Crippen molar-refractivity contribution in [2.75, 3.05) is 20.3 Å². The molecule has 8 heteroatoms. The minimum absolute atomic E-state index is 0.152. The van der Waals surface area contributed by atoms with E-state index in [4.69, 9.17) is 9.15 Å². The lowest BCUT2D eigenvalue weighted by Crippen LogP contribution is -2.33. The molecule has 0 saturated carbocycles. The van der Waals surface area contributed by atoms with Crippen molar-refractivity contribution in [3.63, 3.8) is 0 Å². The van der Waals surface area contributed by atoms with Gasteiger partial charge in [0.2, 0.25) is 0 Å². The average Bonchev–Trinajstić information content (AvgIpc) is 3.04. The van der Waals surface area contributed by atoms with Crippen LogP contribution in [0.2, 0.25) is 0 Å². The molecule has 23 heavy (non-hydrogen) atoms. The molecular weight excluding hydrogens is 368 g/mol. The molecule has 0 N–H and O–H groups in total. The summed E-state index contributed by atoms with van der Waals surface area (Å²) in [5.41, 5.74) is 0.0862. The zero-order valence-corrected chi connectivity index (χ0v) is 14.0. The Morgan fingerprint density at radius 3 is 2.83 bits per heavy atom. The highest BCUT2D eigenvalue weighted by Crippen LogP contribution is 2.26. The molecule has 2 rings (SSSR count). The third kappa shape index (κ3) is 4.40. The number of carbonyl (C=O) groups excluding carboxylic acids is 1. The summed E-state index contributed by atoms with van der Waals surface area (Å²) in [4.78, 5) is 24.7. The lowest BCUT2D eigenvalue weighted by molar-refractivity contribution is -0.385. The molecule has 1 heterocycles. The summed E-state index contributed by atoms with van der Waals surface area (Å²) >= 11 is 3.11. The molecule has 0 radical (unpaired) electrons. The van der Waals surface area contributed by atoms with Gasteiger partial charge in [0.25, 0.3) is 11.6 Å². The Balaban J connectivity index is 2.25. The number of carbonyl (C=O) groups is 1. The number of rotatable bonds is 7. The second-order valence-corrected chi connectivity index (χ2v) is 5.58. The van der Waals surface area contributed by atoms with E-state index in [0.29, 0.717) is 23.4 Å². The molecule has 1 aromatic heterocycles. The maximum atomic E-state index is 12.7. The molecule has 1 aromatic carbocycles. The SMILES string of the molecule is COCCN(Cc1ccco1)C(=O)c1ccc(Br)c([N+](=O)[O-])c1. The number of hydrogen-bond acceptors (Lipinski definition) is 5. The van der Waals surface area contributed by atoms with E-state index in [9.17, 15) is 14.9 Å². The Morgan fingerprint density at radius 1 is 1.43 bits per heavy atom. The van der Waals surface area contributed by atoms with Gasteiger partial charge >= 0.3 is 0 Å². The molecule has 0 fully saturated rings. The first-order chi connectivity index (χ1) is 11.0. The number of nitro groups is 1. The lowest BCUT2D eigenvalue weighted by Gasteiger charge is -2.21. The van der Waals surface area contributed by atoms with Crippen molar-refractivity contribution in [1.29, 1.82) is 0 Å². The highest BCUT2D eigenvalue weighted by atomic mass is 79.9. The molecule has 0 aliphatic rings. The number of nitro benzene ring substituents is 1. The van der Waals surface area contributed by atoms with E-state index in [2.05, 4.69) is 15.9 Å². The zero-order valence-electron chi connectivity index (χ0n) is 12.4. The Labute approximate surface area is 141 Å². The molecule has 2 aromatic rings. The van der Waals surface area contributed by atoms with Gasteiger partial charge in [-0.1, -0.05) is 0 Å². The number of halogens is 1. The predicted molar refractivity (Wildman–Crippen MR) is 86.1 cm³/mol. The van der Waals surface area contributed by atoms with Crippen LogP contribution >= 0.6 is 15.9 Å². The van der Waals surface area contributed by atoms with Gasteiger partial charge in [-0.05, 0) is 40.2 Å². The minimum atomic E-state index is -0.535. The molecule has 0 unspecified atom stereocenters. The smallest absolute Gasteiger partial charge is 0.284 e. The standard InChI is InChI=1S/C15H15BrN2O5/c1-22-8-6-17(10-12-3-2-7-23-12)15(19)11-4-5-13(16)14(9-11)18(20)21/h2-5,7,9H,6,8,10H2,1H3. The summed E-state index contributed by atoms with van der Waals surface area (Å²) in [6.45, 7) is 0.962. The van der Waals surface area contributed by atoms with Crippen molar-refractivity contribution in [3.8, 4) is 0 Å². The fourth-order valence-electron chi connectivity index (χ4n) is 2.01. The summed E-state index contributed by atoms with van der Waals surface area (Å²) in [5.74, 6) is 0.301. The highest BCUT2D eigenvalue weighted by molar-refractivity contribution is 9.10. The van der Waals surface area contributed by atoms with Gasteiger partial charge < -0.3 is 14.1 Å². The second-order valence-electron chi connectivity index (χ2n) is 4.72. The summed E-state index contributed by atoms with van der Waals surface area (Å²) in [5, 5.41) is 11.0. The number of hydrogen-bond donors (Lipinski definition) is 0. The number of nitrogens with zero attached hydrogens (tertiary/aromatic N) is 2. The number of furan rings is 1. The van der Waals surface area contributed by atoms with Crippen LogP contribution in [0, 0.1) is 10.1 Å². The van der Waals surface area contributed by atoms with Crippen LogP contribution in [0.15, 0.2) is 45.5 Å². The summed E-state index contributed by atoms with van der Waals surface area (Å²) in [6, 6.07) is 7.79. The first kappa shape index (κ1) is 17.2. The van der Waals surface area contributed by atoms with Crippen molar-refractivity contribution in [1.82, 2.24) is 4.90 Å². The van der Waals surface area contributed by atoms with Gasteiger partial charge in [0.05, 0.1) is 28.8 Å². The van der Waals surface area contributed by atoms with E-state index < -0.39 is 4.92 Å². The van der Waals surface area contributed by atoms with Crippen LogP contribution in [0.5, 0.6) is 0 Å². The van der Waals surface area contributed by atoms with Crippen molar-refractivity contribution in [2.45, 2.75) is 6.54 Å². The summed E-state index contributed by atoms with van der Waals surface area (Å²) in [7, 11) is 1.54. The van der Waals surface area contributed by atoms with E-state index in [1.807, 2.05) is 0 Å². The van der Waals surface area contributed by atoms with Crippen LogP contribution in [-0.4, -0.2) is 36.0 Å². The number of benzene rings is 1. The van der Waals surface area contributed by atoms with Crippen LogP contribution < -0.4 is 0 Å². The van der Waals surface area contributed by atoms with Crippen molar-refractivity contribution in [2.24, 2.45) is 0 Å². The predicted octanol–water partition coefficient (Wildman–Crippen LogP) is 3.24. The average molecular weight is 383 g/mol. The topological polar surface area (TPSA) is 85.8 Å². The van der Waals surface area contributed by atoms with Crippen molar-refractivity contribution in [3.05, 3.63) is 62.5 Å². The van der Waals surface area contributed by atoms with Gasteiger partial charge in [-0.3, -0.25) is 14.9 Å². The number of methoxy groups -OCH3 is 1. The van der Waals surface area contributed by atoms with E-state index in [1.165, 1.54) is 23.3 Å². The molecule has 0 aliphatic heterocycles. The number of ether oxygens (including phenoxy) is 1. The van der Waals surface area contributed by atoms with Gasteiger partial charge in [0, 0.05) is 25.3 Å². The molecule has 0 aliphatic carbocycles. The second kappa shape index (κ2) is 7.89. The Morgan fingerprint density at radius 2 is 2.22 bits per heavy atom. The van der Waals surface area contributed by atoms with E-state index in [1.54, 1.807) is 25.3 Å². The first-order valence-electron chi connectivity index (χ1n) is 6.77. The molecule has 0 saturated heterocycles. The largest absolute Gasteiger partial charge is 0.467 e. The van der Waals surface area contributed by atoms with Crippen LogP contribution in [-0.2, 0) is 11.3 Å². The van der Waals surface area contributed by atoms with Crippen LogP contribution in [0.3, 0.4) is 0 Å².